The summed E-state index contributed by atoms with van der Waals surface area (Å²) in [4.78, 5) is 13.1. The van der Waals surface area contributed by atoms with Crippen molar-refractivity contribution in [2.75, 3.05) is 6.54 Å². The zero-order valence-corrected chi connectivity index (χ0v) is 14.0. The number of piperidine rings is 1. The van der Waals surface area contributed by atoms with Crippen LogP contribution in [-0.2, 0) is 21.4 Å². The molecule has 1 aromatic carbocycles. The Labute approximate surface area is 144 Å². The normalized spacial score (nSPS) is 38.5. The van der Waals surface area contributed by atoms with Crippen LogP contribution >= 0.6 is 0 Å². The van der Waals surface area contributed by atoms with Crippen molar-refractivity contribution in [2.45, 2.75) is 68.4 Å². The maximum atomic E-state index is 13.1. The number of epoxide rings is 1. The molecule has 25 heavy (non-hydrogen) atoms. The first kappa shape index (κ1) is 15.7. The molecule has 6 heteroatoms. The average molecular weight is 351 g/mol. The third kappa shape index (κ3) is 1.79. The highest BCUT2D eigenvalue weighted by Crippen LogP contribution is 2.68. The van der Waals surface area contributed by atoms with E-state index < -0.39 is 23.7 Å². The van der Waals surface area contributed by atoms with Crippen molar-refractivity contribution in [3.63, 3.8) is 0 Å². The fourth-order valence-electron chi connectivity index (χ4n) is 5.98. The minimum Gasteiger partial charge on any atom is -0.363 e. The Hall–Kier alpha value is -1.56. The largest absolute Gasteiger partial charge is 0.471 e. The fraction of sp³-hybridized carbons (Fsp3) is 0.632. The molecule has 1 aromatic rings. The molecule has 1 saturated carbocycles. The van der Waals surface area contributed by atoms with Gasteiger partial charge in [-0.1, -0.05) is 23.8 Å². The first-order valence-electron chi connectivity index (χ1n) is 8.95. The molecule has 4 unspecified atom stereocenters. The first-order valence-corrected chi connectivity index (χ1v) is 8.95. The van der Waals surface area contributed by atoms with Crippen LogP contribution in [-0.4, -0.2) is 41.3 Å². The maximum absolute atomic E-state index is 13.1. The second-order valence-corrected chi connectivity index (χ2v) is 8.00. The van der Waals surface area contributed by atoms with Crippen molar-refractivity contribution in [1.29, 1.82) is 0 Å². The molecule has 5 rings (SSSR count). The number of nitrogens with zero attached hydrogens (tertiary/aromatic N) is 1. The van der Waals surface area contributed by atoms with Gasteiger partial charge in [0.05, 0.1) is 12.1 Å². The maximum Gasteiger partial charge on any atom is 0.471 e. The van der Waals surface area contributed by atoms with E-state index in [-0.39, 0.29) is 18.1 Å². The van der Waals surface area contributed by atoms with Crippen LogP contribution in [0.3, 0.4) is 0 Å². The van der Waals surface area contributed by atoms with E-state index in [2.05, 4.69) is 6.07 Å². The molecule has 0 aromatic heterocycles. The number of carbonyl (C=O) groups excluding carboxylic acids is 1. The molecular formula is C19H20F3NO2. The van der Waals surface area contributed by atoms with Gasteiger partial charge in [-0.3, -0.25) is 4.79 Å². The topological polar surface area (TPSA) is 32.8 Å². The van der Waals surface area contributed by atoms with E-state index in [0.29, 0.717) is 12.8 Å². The predicted molar refractivity (Wildman–Crippen MR) is 84.2 cm³/mol. The number of benzene rings is 1. The van der Waals surface area contributed by atoms with Crippen molar-refractivity contribution < 1.29 is 22.7 Å². The second-order valence-electron chi connectivity index (χ2n) is 8.00. The van der Waals surface area contributed by atoms with Crippen LogP contribution < -0.4 is 0 Å². The highest BCUT2D eigenvalue weighted by atomic mass is 19.4. The third-order valence-electron chi connectivity index (χ3n) is 6.92. The zero-order valence-electron chi connectivity index (χ0n) is 14.0. The number of hydrogen-bond donors (Lipinski definition) is 0. The van der Waals surface area contributed by atoms with E-state index in [1.54, 1.807) is 0 Å². The number of alkyl halides is 3. The molecule has 3 nitrogen and oxygen atoms in total. The highest BCUT2D eigenvalue weighted by Gasteiger charge is 2.78. The summed E-state index contributed by atoms with van der Waals surface area (Å²) >= 11 is 0. The molecule has 2 heterocycles. The van der Waals surface area contributed by atoms with E-state index in [9.17, 15) is 18.0 Å². The van der Waals surface area contributed by atoms with E-state index in [0.717, 1.165) is 29.7 Å². The molecule has 4 atom stereocenters. The lowest BCUT2D eigenvalue weighted by Gasteiger charge is -2.57. The fourth-order valence-corrected chi connectivity index (χ4v) is 5.98. The van der Waals surface area contributed by atoms with Gasteiger partial charge in [-0.25, -0.2) is 0 Å². The third-order valence-corrected chi connectivity index (χ3v) is 6.92. The highest BCUT2D eigenvalue weighted by molar-refractivity contribution is 5.83. The smallest absolute Gasteiger partial charge is 0.363 e. The number of likely N-dealkylation sites (tertiary alicyclic amines) is 1. The van der Waals surface area contributed by atoms with Crippen molar-refractivity contribution in [3.8, 4) is 0 Å². The Morgan fingerprint density at radius 3 is 2.88 bits per heavy atom. The number of carbonyl (C=O) groups is 1. The number of amides is 1. The van der Waals surface area contributed by atoms with Gasteiger partial charge in [0.25, 0.3) is 0 Å². The minimum absolute atomic E-state index is 0.0104. The van der Waals surface area contributed by atoms with Gasteiger partial charge in [0.15, 0.2) is 0 Å². The van der Waals surface area contributed by atoms with Gasteiger partial charge in [0, 0.05) is 12.0 Å². The number of rotatable bonds is 0. The number of fused-ring (bicyclic) bond motifs is 1. The molecule has 3 fully saturated rings. The molecule has 134 valence electrons. The number of aryl methyl sites for hydroxylation is 1. The molecule has 0 N–H and O–H groups in total. The lowest BCUT2D eigenvalue weighted by Crippen LogP contribution is -2.69. The summed E-state index contributed by atoms with van der Waals surface area (Å²) in [7, 11) is 0. The minimum atomic E-state index is -4.83. The van der Waals surface area contributed by atoms with Gasteiger partial charge in [0.2, 0.25) is 0 Å². The van der Waals surface area contributed by atoms with Crippen LogP contribution in [0.2, 0.25) is 0 Å². The van der Waals surface area contributed by atoms with Gasteiger partial charge in [-0.05, 0) is 50.2 Å². The standard InChI is InChI=1S/C19H20F3NO2/c1-11-4-5-12-10-14-18-15(25-18)3-2-6-17(18,13(12)9-11)7-8-23(14)16(24)19(20,21)22/h4-5,9,14-15H,2-3,6-8,10H2,1H3. The van der Waals surface area contributed by atoms with Crippen LogP contribution in [0.1, 0.15) is 42.4 Å². The molecule has 1 amide bonds. The summed E-state index contributed by atoms with van der Waals surface area (Å²) in [6, 6.07) is 5.72. The number of hydrogen-bond acceptors (Lipinski definition) is 2. The number of halogens is 3. The Morgan fingerprint density at radius 2 is 2.12 bits per heavy atom. The van der Waals surface area contributed by atoms with Crippen LogP contribution in [0.25, 0.3) is 0 Å². The Balaban J connectivity index is 1.67. The van der Waals surface area contributed by atoms with Crippen molar-refractivity contribution in [1.82, 2.24) is 4.90 Å². The first-order chi connectivity index (χ1) is 11.8. The summed E-state index contributed by atoms with van der Waals surface area (Å²) in [6.07, 6.45) is -0.988. The van der Waals surface area contributed by atoms with Gasteiger partial charge in [0.1, 0.15) is 5.60 Å². The summed E-state index contributed by atoms with van der Waals surface area (Å²) < 4.78 is 45.6. The lowest BCUT2D eigenvalue weighted by molar-refractivity contribution is -0.193. The van der Waals surface area contributed by atoms with Gasteiger partial charge in [-0.15, -0.1) is 0 Å². The van der Waals surface area contributed by atoms with Crippen LogP contribution in [0.4, 0.5) is 13.2 Å². The summed E-state index contributed by atoms with van der Waals surface area (Å²) in [5, 5.41) is 0. The predicted octanol–water partition coefficient (Wildman–Crippen LogP) is 3.27. The monoisotopic (exact) mass is 351 g/mol. The summed E-state index contributed by atoms with van der Waals surface area (Å²) in [6.45, 7) is 2.21. The second kappa shape index (κ2) is 4.58. The van der Waals surface area contributed by atoms with E-state index in [4.69, 9.17) is 4.74 Å². The van der Waals surface area contributed by atoms with Crippen molar-refractivity contribution in [3.05, 3.63) is 34.9 Å². The summed E-state index contributed by atoms with van der Waals surface area (Å²) in [5.74, 6) is -1.71. The van der Waals surface area contributed by atoms with Crippen LogP contribution in [0.15, 0.2) is 18.2 Å². The Bertz CT molecular complexity index is 776. The molecule has 2 aliphatic heterocycles. The van der Waals surface area contributed by atoms with Crippen LogP contribution in [0, 0.1) is 6.92 Å². The molecule has 2 saturated heterocycles. The van der Waals surface area contributed by atoms with Crippen molar-refractivity contribution in [2.24, 2.45) is 0 Å². The average Bonchev–Trinajstić information content (AvgIpc) is 3.28. The van der Waals surface area contributed by atoms with Crippen LogP contribution in [0.5, 0.6) is 0 Å². The van der Waals surface area contributed by atoms with E-state index >= 15 is 0 Å². The Kier molecular flexibility index (Phi) is 2.87. The lowest BCUT2D eigenvalue weighted by atomic mass is 9.51. The number of ether oxygens (including phenoxy) is 1. The molecule has 0 radical (unpaired) electrons. The summed E-state index contributed by atoms with van der Waals surface area (Å²) in [5.41, 5.74) is 2.66. The molecule has 2 aliphatic carbocycles. The molecule has 1 spiro atoms. The quantitative estimate of drug-likeness (QED) is 0.672. The SMILES string of the molecule is Cc1ccc2c(c1)C13CCCC4OC41C(C2)N(C(=O)C(F)(F)F)CC3. The molecule has 4 aliphatic rings. The molecular weight excluding hydrogens is 331 g/mol. The Morgan fingerprint density at radius 1 is 1.32 bits per heavy atom. The molecule has 2 bridgehead atoms. The zero-order chi connectivity index (χ0) is 17.6. The van der Waals surface area contributed by atoms with Crippen molar-refractivity contribution >= 4 is 5.91 Å². The van der Waals surface area contributed by atoms with E-state index in [1.807, 2.05) is 19.1 Å². The van der Waals surface area contributed by atoms with Gasteiger partial charge >= 0.3 is 12.1 Å². The van der Waals surface area contributed by atoms with E-state index in [1.165, 1.54) is 11.1 Å². The van der Waals surface area contributed by atoms with Gasteiger partial charge < -0.3 is 9.64 Å². The van der Waals surface area contributed by atoms with Gasteiger partial charge in [-0.2, -0.15) is 13.2 Å².